The van der Waals surface area contributed by atoms with Crippen LogP contribution in [0.15, 0.2) is 17.3 Å². The first-order valence-corrected chi connectivity index (χ1v) is 7.83. The second-order valence-corrected chi connectivity index (χ2v) is 6.89. The summed E-state index contributed by atoms with van der Waals surface area (Å²) in [7, 11) is -3.93. The van der Waals surface area contributed by atoms with E-state index in [1.807, 2.05) is 13.8 Å². The highest BCUT2D eigenvalue weighted by molar-refractivity contribution is 7.89. The molecule has 0 fully saturated rings. The van der Waals surface area contributed by atoms with E-state index in [0.717, 1.165) is 12.4 Å². The van der Waals surface area contributed by atoms with Gasteiger partial charge in [-0.2, -0.15) is 18.3 Å². The van der Waals surface area contributed by atoms with Crippen molar-refractivity contribution in [2.75, 3.05) is 6.54 Å². The number of sulfonamides is 1. The van der Waals surface area contributed by atoms with Gasteiger partial charge in [0.1, 0.15) is 11.4 Å². The Labute approximate surface area is 133 Å². The maximum absolute atomic E-state index is 12.2. The van der Waals surface area contributed by atoms with Gasteiger partial charge in [-0.1, -0.05) is 13.8 Å². The van der Waals surface area contributed by atoms with Crippen LogP contribution in [0.1, 0.15) is 20.3 Å². The molecule has 0 saturated carbocycles. The summed E-state index contributed by atoms with van der Waals surface area (Å²) in [5, 5.41) is 3.41. The Hall–Kier alpha value is -0.840. The zero-order valence-corrected chi connectivity index (χ0v) is 13.8. The van der Waals surface area contributed by atoms with E-state index >= 15 is 0 Å². The summed E-state index contributed by atoms with van der Waals surface area (Å²) >= 11 is 0. The third-order valence-corrected chi connectivity index (χ3v) is 4.10. The van der Waals surface area contributed by atoms with E-state index in [4.69, 9.17) is 5.73 Å². The number of nitrogens with one attached hydrogen (secondary N) is 1. The second kappa shape index (κ2) is 8.14. The molecule has 6 nitrogen and oxygen atoms in total. The Morgan fingerprint density at radius 1 is 1.41 bits per heavy atom. The quantitative estimate of drug-likeness (QED) is 0.767. The number of halogens is 4. The lowest BCUT2D eigenvalue weighted by Crippen LogP contribution is -2.40. The van der Waals surface area contributed by atoms with Gasteiger partial charge in [-0.05, 0) is 12.3 Å². The fourth-order valence-corrected chi connectivity index (χ4v) is 3.02. The van der Waals surface area contributed by atoms with E-state index in [0.29, 0.717) is 11.1 Å². The lowest BCUT2D eigenvalue weighted by molar-refractivity contribution is -0.142. The summed E-state index contributed by atoms with van der Waals surface area (Å²) in [4.78, 5) is -0.311. The first-order valence-electron chi connectivity index (χ1n) is 6.35. The van der Waals surface area contributed by atoms with Gasteiger partial charge in [0.15, 0.2) is 0 Å². The first kappa shape index (κ1) is 21.2. The second-order valence-electron chi connectivity index (χ2n) is 5.17. The van der Waals surface area contributed by atoms with E-state index < -0.39 is 28.8 Å². The average Bonchev–Trinajstić information content (AvgIpc) is 2.73. The molecule has 1 heterocycles. The van der Waals surface area contributed by atoms with E-state index in [9.17, 15) is 21.6 Å². The Morgan fingerprint density at radius 2 is 2.00 bits per heavy atom. The van der Waals surface area contributed by atoms with Crippen LogP contribution in [0, 0.1) is 5.92 Å². The predicted molar refractivity (Wildman–Crippen MR) is 78.1 cm³/mol. The van der Waals surface area contributed by atoms with Gasteiger partial charge in [0.2, 0.25) is 10.0 Å². The summed E-state index contributed by atoms with van der Waals surface area (Å²) in [5.74, 6) is 0.231. The van der Waals surface area contributed by atoms with Crippen LogP contribution in [-0.4, -0.2) is 37.0 Å². The van der Waals surface area contributed by atoms with Crippen molar-refractivity contribution in [2.24, 2.45) is 11.7 Å². The smallest absolute Gasteiger partial charge is 0.329 e. The number of nitrogens with two attached hydrogens (primary N) is 1. The van der Waals surface area contributed by atoms with Crippen molar-refractivity contribution in [1.29, 1.82) is 0 Å². The molecule has 22 heavy (non-hydrogen) atoms. The van der Waals surface area contributed by atoms with E-state index in [1.165, 1.54) is 0 Å². The van der Waals surface area contributed by atoms with E-state index in [2.05, 4.69) is 9.82 Å². The molecular weight excluding hydrogens is 345 g/mol. The molecule has 0 saturated heterocycles. The molecule has 0 aliphatic carbocycles. The molecule has 0 spiro atoms. The van der Waals surface area contributed by atoms with Gasteiger partial charge in [0.05, 0.1) is 6.20 Å². The zero-order valence-electron chi connectivity index (χ0n) is 12.2. The summed E-state index contributed by atoms with van der Waals surface area (Å²) in [6.45, 7) is 2.60. The van der Waals surface area contributed by atoms with Crippen molar-refractivity contribution in [2.45, 2.75) is 43.9 Å². The fraction of sp³-hybridized carbons (Fsp3) is 0.727. The molecule has 0 bridgehead atoms. The van der Waals surface area contributed by atoms with Crippen molar-refractivity contribution in [3.8, 4) is 0 Å². The van der Waals surface area contributed by atoms with Crippen LogP contribution in [0.3, 0.4) is 0 Å². The molecule has 1 atom stereocenters. The largest absolute Gasteiger partial charge is 0.408 e. The molecule has 1 aromatic rings. The number of rotatable bonds is 7. The number of hydrogen-bond donors (Lipinski definition) is 2. The molecule has 1 unspecified atom stereocenters. The van der Waals surface area contributed by atoms with Crippen molar-refractivity contribution in [3.63, 3.8) is 0 Å². The normalized spacial score (nSPS) is 14.0. The van der Waals surface area contributed by atoms with Gasteiger partial charge < -0.3 is 5.73 Å². The molecular formula is C11H20ClF3N4O2S. The molecule has 0 aliphatic heterocycles. The van der Waals surface area contributed by atoms with Gasteiger partial charge in [0, 0.05) is 18.8 Å². The summed E-state index contributed by atoms with van der Waals surface area (Å²) in [5.41, 5.74) is 5.50. The van der Waals surface area contributed by atoms with Crippen LogP contribution in [0.2, 0.25) is 0 Å². The van der Waals surface area contributed by atoms with Crippen LogP contribution >= 0.6 is 12.4 Å². The lowest BCUT2D eigenvalue weighted by Gasteiger charge is -2.18. The molecule has 0 aliphatic rings. The molecule has 130 valence electrons. The van der Waals surface area contributed by atoms with Gasteiger partial charge in [-0.25, -0.2) is 13.1 Å². The SMILES string of the molecule is CC(C)CC(CN)NS(=O)(=O)c1cnn(CC(F)(F)F)c1.Cl. The minimum absolute atomic E-state index is 0. The molecule has 1 rings (SSSR count). The van der Waals surface area contributed by atoms with Crippen molar-refractivity contribution in [1.82, 2.24) is 14.5 Å². The number of hydrogen-bond acceptors (Lipinski definition) is 4. The molecule has 0 radical (unpaired) electrons. The van der Waals surface area contributed by atoms with Gasteiger partial charge in [-0.3, -0.25) is 4.68 Å². The Kier molecular flexibility index (Phi) is 7.83. The summed E-state index contributed by atoms with van der Waals surface area (Å²) in [6, 6.07) is -0.471. The molecule has 11 heteroatoms. The third kappa shape index (κ3) is 6.95. The standard InChI is InChI=1S/C11H19F3N4O2S.ClH/c1-8(2)3-9(4-15)17-21(19,20)10-5-16-18(6-10)7-11(12,13)14;/h5-6,8-9,17H,3-4,7,15H2,1-2H3;1H. The number of alkyl halides is 3. The topological polar surface area (TPSA) is 90.0 Å². The van der Waals surface area contributed by atoms with Gasteiger partial charge in [0.25, 0.3) is 0 Å². The lowest BCUT2D eigenvalue weighted by atomic mass is 10.1. The average molecular weight is 365 g/mol. The minimum Gasteiger partial charge on any atom is -0.329 e. The fourth-order valence-electron chi connectivity index (χ4n) is 1.80. The molecule has 0 amide bonds. The van der Waals surface area contributed by atoms with Crippen LogP contribution in [0.4, 0.5) is 13.2 Å². The van der Waals surface area contributed by atoms with Crippen molar-refractivity contribution >= 4 is 22.4 Å². The van der Waals surface area contributed by atoms with Gasteiger partial charge in [-0.15, -0.1) is 12.4 Å². The van der Waals surface area contributed by atoms with Crippen LogP contribution in [-0.2, 0) is 16.6 Å². The zero-order chi connectivity index (χ0) is 16.3. The maximum atomic E-state index is 12.2. The highest BCUT2D eigenvalue weighted by Crippen LogP contribution is 2.18. The van der Waals surface area contributed by atoms with Crippen molar-refractivity contribution < 1.29 is 21.6 Å². The highest BCUT2D eigenvalue weighted by Gasteiger charge is 2.29. The molecule has 0 aromatic carbocycles. The van der Waals surface area contributed by atoms with Crippen molar-refractivity contribution in [3.05, 3.63) is 12.4 Å². The highest BCUT2D eigenvalue weighted by atomic mass is 35.5. The number of aromatic nitrogens is 2. The molecule has 3 N–H and O–H groups in total. The van der Waals surface area contributed by atoms with Crippen LogP contribution < -0.4 is 10.5 Å². The van der Waals surface area contributed by atoms with Crippen LogP contribution in [0.5, 0.6) is 0 Å². The monoisotopic (exact) mass is 364 g/mol. The van der Waals surface area contributed by atoms with E-state index in [1.54, 1.807) is 0 Å². The third-order valence-electron chi connectivity index (χ3n) is 2.62. The minimum atomic E-state index is -4.46. The summed E-state index contributed by atoms with van der Waals surface area (Å²) in [6.07, 6.45) is -2.19. The van der Waals surface area contributed by atoms with Gasteiger partial charge >= 0.3 is 6.18 Å². The Morgan fingerprint density at radius 3 is 2.45 bits per heavy atom. The molecule has 1 aromatic heterocycles. The maximum Gasteiger partial charge on any atom is 0.408 e. The van der Waals surface area contributed by atoms with Crippen LogP contribution in [0.25, 0.3) is 0 Å². The Bertz CT molecular complexity index is 560. The number of nitrogens with zero attached hydrogens (tertiary/aromatic N) is 2. The summed E-state index contributed by atoms with van der Waals surface area (Å²) < 4.78 is 63.7. The predicted octanol–water partition coefficient (Wildman–Crippen LogP) is 1.52. The first-order chi connectivity index (χ1) is 9.53. The van der Waals surface area contributed by atoms with E-state index in [-0.39, 0.29) is 29.8 Å². The Balaban J connectivity index is 0.00000441.